The van der Waals surface area contributed by atoms with Crippen molar-refractivity contribution in [2.24, 2.45) is 5.41 Å². The normalized spacial score (nSPS) is 17.3. The van der Waals surface area contributed by atoms with Crippen molar-refractivity contribution in [1.29, 1.82) is 0 Å². The van der Waals surface area contributed by atoms with Gasteiger partial charge in [-0.1, -0.05) is 26.3 Å². The second kappa shape index (κ2) is 5.91. The molecule has 0 spiro atoms. The molecular formula is C16H24FNO. The van der Waals surface area contributed by atoms with Crippen LogP contribution in [0.5, 0.6) is 5.75 Å². The molecule has 2 nitrogen and oxygen atoms in total. The van der Waals surface area contributed by atoms with Gasteiger partial charge in [0.15, 0.2) is 11.6 Å². The van der Waals surface area contributed by atoms with Crippen molar-refractivity contribution >= 4 is 0 Å². The Morgan fingerprint density at radius 3 is 2.58 bits per heavy atom. The lowest BCUT2D eigenvalue weighted by Crippen LogP contribution is -2.43. The second-order valence-corrected chi connectivity index (χ2v) is 6.03. The van der Waals surface area contributed by atoms with E-state index in [9.17, 15) is 4.39 Å². The molecule has 0 radical (unpaired) electrons. The highest BCUT2D eigenvalue weighted by Crippen LogP contribution is 2.43. The fourth-order valence-corrected chi connectivity index (χ4v) is 2.77. The largest absolute Gasteiger partial charge is 0.494 e. The maximum absolute atomic E-state index is 13.7. The van der Waals surface area contributed by atoms with E-state index < -0.39 is 0 Å². The minimum atomic E-state index is -0.258. The van der Waals surface area contributed by atoms with Gasteiger partial charge in [-0.2, -0.15) is 0 Å². The summed E-state index contributed by atoms with van der Waals surface area (Å²) in [5.41, 5.74) is 1.40. The summed E-state index contributed by atoms with van der Waals surface area (Å²) in [6, 6.07) is 5.84. The van der Waals surface area contributed by atoms with Gasteiger partial charge in [0.05, 0.1) is 7.11 Å². The van der Waals surface area contributed by atoms with E-state index in [-0.39, 0.29) is 5.82 Å². The Morgan fingerprint density at radius 1 is 1.37 bits per heavy atom. The van der Waals surface area contributed by atoms with Crippen molar-refractivity contribution in [3.63, 3.8) is 0 Å². The number of halogens is 1. The molecule has 19 heavy (non-hydrogen) atoms. The summed E-state index contributed by atoms with van der Waals surface area (Å²) < 4.78 is 18.7. The molecule has 0 aromatic heterocycles. The topological polar surface area (TPSA) is 21.3 Å². The Hall–Kier alpha value is -1.09. The number of ether oxygens (including phenoxy) is 1. The second-order valence-electron chi connectivity index (χ2n) is 6.03. The van der Waals surface area contributed by atoms with Crippen molar-refractivity contribution < 1.29 is 9.13 Å². The number of benzene rings is 1. The molecule has 0 amide bonds. The molecule has 1 aromatic rings. The third-order valence-corrected chi connectivity index (χ3v) is 4.09. The van der Waals surface area contributed by atoms with Gasteiger partial charge >= 0.3 is 0 Å². The summed E-state index contributed by atoms with van der Waals surface area (Å²) in [4.78, 5) is 0. The van der Waals surface area contributed by atoms with Crippen molar-refractivity contribution in [3.8, 4) is 5.75 Å². The average Bonchev–Trinajstić information content (AvgIpc) is 2.32. The SMILES string of the molecule is COc1ccc(CC2(CNC(C)C)CCC2)cc1F. The van der Waals surface area contributed by atoms with Gasteiger partial charge in [-0.25, -0.2) is 4.39 Å². The van der Waals surface area contributed by atoms with Crippen molar-refractivity contribution in [2.45, 2.75) is 45.6 Å². The zero-order valence-electron chi connectivity index (χ0n) is 12.1. The zero-order chi connectivity index (χ0) is 13.9. The minimum absolute atomic E-state index is 0.258. The van der Waals surface area contributed by atoms with E-state index in [2.05, 4.69) is 19.2 Å². The first-order chi connectivity index (χ1) is 9.04. The van der Waals surface area contributed by atoms with E-state index in [0.717, 1.165) is 18.5 Å². The molecule has 0 saturated heterocycles. The van der Waals surface area contributed by atoms with Gasteiger partial charge in [0, 0.05) is 12.6 Å². The van der Waals surface area contributed by atoms with E-state index in [1.807, 2.05) is 6.07 Å². The number of rotatable bonds is 6. The number of methoxy groups -OCH3 is 1. The third-order valence-electron chi connectivity index (χ3n) is 4.09. The van der Waals surface area contributed by atoms with E-state index in [0.29, 0.717) is 17.2 Å². The number of hydrogen-bond donors (Lipinski definition) is 1. The first kappa shape index (κ1) is 14.3. The summed E-state index contributed by atoms with van der Waals surface area (Å²) >= 11 is 0. The molecule has 1 aliphatic carbocycles. The van der Waals surface area contributed by atoms with Crippen LogP contribution in [0, 0.1) is 11.2 Å². The van der Waals surface area contributed by atoms with Crippen LogP contribution in [0.1, 0.15) is 38.7 Å². The molecule has 1 aromatic carbocycles. The van der Waals surface area contributed by atoms with E-state index in [4.69, 9.17) is 4.74 Å². The van der Waals surface area contributed by atoms with Crippen LogP contribution in [0.2, 0.25) is 0 Å². The first-order valence-corrected chi connectivity index (χ1v) is 7.10. The molecule has 0 heterocycles. The summed E-state index contributed by atoms with van der Waals surface area (Å²) in [5, 5.41) is 3.53. The van der Waals surface area contributed by atoms with Gasteiger partial charge in [-0.3, -0.25) is 0 Å². The molecule has 3 heteroatoms. The van der Waals surface area contributed by atoms with Crippen LogP contribution in [0.4, 0.5) is 4.39 Å². The minimum Gasteiger partial charge on any atom is -0.494 e. The van der Waals surface area contributed by atoms with Gasteiger partial charge in [0.25, 0.3) is 0 Å². The van der Waals surface area contributed by atoms with E-state index in [1.54, 1.807) is 12.1 Å². The molecule has 0 unspecified atom stereocenters. The molecule has 1 N–H and O–H groups in total. The van der Waals surface area contributed by atoms with Crippen LogP contribution < -0.4 is 10.1 Å². The van der Waals surface area contributed by atoms with Crippen LogP contribution in [0.15, 0.2) is 18.2 Å². The summed E-state index contributed by atoms with van der Waals surface area (Å²) in [6.07, 6.45) is 4.72. The lowest BCUT2D eigenvalue weighted by atomic mass is 9.65. The van der Waals surface area contributed by atoms with Crippen LogP contribution >= 0.6 is 0 Å². The summed E-state index contributed by atoms with van der Waals surface area (Å²) in [6.45, 7) is 5.36. The lowest BCUT2D eigenvalue weighted by Gasteiger charge is -2.43. The molecule has 1 saturated carbocycles. The Morgan fingerprint density at radius 2 is 2.11 bits per heavy atom. The van der Waals surface area contributed by atoms with Gasteiger partial charge < -0.3 is 10.1 Å². The molecular weight excluding hydrogens is 241 g/mol. The highest BCUT2D eigenvalue weighted by molar-refractivity contribution is 5.30. The third kappa shape index (κ3) is 3.47. The maximum Gasteiger partial charge on any atom is 0.165 e. The molecule has 106 valence electrons. The van der Waals surface area contributed by atoms with Crippen LogP contribution in [-0.2, 0) is 6.42 Å². The highest BCUT2D eigenvalue weighted by Gasteiger charge is 2.36. The van der Waals surface area contributed by atoms with Crippen molar-refractivity contribution in [2.75, 3.05) is 13.7 Å². The fourth-order valence-electron chi connectivity index (χ4n) is 2.77. The molecule has 2 rings (SSSR count). The van der Waals surface area contributed by atoms with Gasteiger partial charge in [0.2, 0.25) is 0 Å². The number of hydrogen-bond acceptors (Lipinski definition) is 2. The van der Waals surface area contributed by atoms with Crippen molar-refractivity contribution in [3.05, 3.63) is 29.6 Å². The summed E-state index contributed by atoms with van der Waals surface area (Å²) in [5.74, 6) is 0.0676. The Balaban J connectivity index is 2.03. The smallest absolute Gasteiger partial charge is 0.165 e. The lowest BCUT2D eigenvalue weighted by molar-refractivity contribution is 0.126. The average molecular weight is 265 g/mol. The van der Waals surface area contributed by atoms with E-state index >= 15 is 0 Å². The zero-order valence-corrected chi connectivity index (χ0v) is 12.1. The van der Waals surface area contributed by atoms with Gasteiger partial charge in [-0.05, 0) is 42.4 Å². The van der Waals surface area contributed by atoms with Gasteiger partial charge in [0.1, 0.15) is 0 Å². The molecule has 0 atom stereocenters. The van der Waals surface area contributed by atoms with Crippen LogP contribution in [0.3, 0.4) is 0 Å². The monoisotopic (exact) mass is 265 g/mol. The first-order valence-electron chi connectivity index (χ1n) is 7.10. The van der Waals surface area contributed by atoms with Crippen LogP contribution in [0.25, 0.3) is 0 Å². The Kier molecular flexibility index (Phi) is 4.46. The predicted molar refractivity (Wildman–Crippen MR) is 76.1 cm³/mol. The maximum atomic E-state index is 13.7. The van der Waals surface area contributed by atoms with Gasteiger partial charge in [-0.15, -0.1) is 0 Å². The fraction of sp³-hybridized carbons (Fsp3) is 0.625. The molecule has 0 bridgehead atoms. The standard InChI is InChI=1S/C16H24FNO/c1-12(2)18-11-16(7-4-8-16)10-13-5-6-15(19-3)14(17)9-13/h5-6,9,12,18H,4,7-8,10-11H2,1-3H3. The Labute approximate surface area is 115 Å². The number of nitrogens with one attached hydrogen (secondary N) is 1. The van der Waals surface area contributed by atoms with Crippen LogP contribution in [-0.4, -0.2) is 19.7 Å². The Bertz CT molecular complexity index is 427. The molecule has 0 aliphatic heterocycles. The quantitative estimate of drug-likeness (QED) is 0.849. The summed E-state index contributed by atoms with van der Waals surface area (Å²) in [7, 11) is 1.50. The molecule has 1 fully saturated rings. The molecule has 1 aliphatic rings. The van der Waals surface area contributed by atoms with E-state index in [1.165, 1.54) is 26.4 Å². The van der Waals surface area contributed by atoms with Crippen molar-refractivity contribution in [1.82, 2.24) is 5.32 Å². The predicted octanol–water partition coefficient (Wildman–Crippen LogP) is 3.55. The highest BCUT2D eigenvalue weighted by atomic mass is 19.1.